The average molecular weight is 320 g/mol. The van der Waals surface area contributed by atoms with E-state index in [4.69, 9.17) is 5.11 Å². The van der Waals surface area contributed by atoms with E-state index < -0.39 is 5.97 Å². The van der Waals surface area contributed by atoms with E-state index in [2.05, 4.69) is 0 Å². The van der Waals surface area contributed by atoms with Gasteiger partial charge in [-0.1, -0.05) is 18.2 Å². The van der Waals surface area contributed by atoms with Gasteiger partial charge in [0.15, 0.2) is 0 Å². The summed E-state index contributed by atoms with van der Waals surface area (Å²) < 4.78 is 0. The van der Waals surface area contributed by atoms with Gasteiger partial charge in [-0.15, -0.1) is 0 Å². The van der Waals surface area contributed by atoms with Gasteiger partial charge in [0.2, 0.25) is 0 Å². The summed E-state index contributed by atoms with van der Waals surface area (Å²) in [6.07, 6.45) is 0.676. The smallest absolute Gasteiger partial charge is 0.478 e. The molecule has 3 aromatic rings. The third-order valence-electron chi connectivity index (χ3n) is 2.93. The van der Waals surface area contributed by atoms with Crippen LogP contribution in [0.5, 0.6) is 0 Å². The molecule has 108 valence electrons. The molecular weight excluding hydrogens is 304 g/mol. The first-order valence-electron chi connectivity index (χ1n) is 6.46. The molecule has 0 atom stereocenters. The van der Waals surface area contributed by atoms with Gasteiger partial charge >= 0.3 is 23.0 Å². The van der Waals surface area contributed by atoms with Crippen molar-refractivity contribution in [1.82, 2.24) is 0 Å². The van der Waals surface area contributed by atoms with Crippen molar-refractivity contribution in [2.45, 2.75) is 6.42 Å². The van der Waals surface area contributed by atoms with Crippen molar-refractivity contribution in [3.63, 3.8) is 0 Å². The standard InChI is InChI=1S/C13H11O2.C5H5.Fe/c14-13(15)12-8-4-3-7-11(12)9-10-5-1-2-6-10;1-2-4-5-3-1;/h1-8H,9H2,(H,14,15);1-5H;/q2*-1;+2. The number of hydrogen-bond donors (Lipinski definition) is 1. The van der Waals surface area contributed by atoms with Gasteiger partial charge < -0.3 is 5.11 Å². The van der Waals surface area contributed by atoms with Gasteiger partial charge in [-0.3, -0.25) is 0 Å². The Balaban J connectivity index is 0.000000313. The molecule has 0 saturated carbocycles. The minimum Gasteiger partial charge on any atom is -0.478 e. The fourth-order valence-corrected chi connectivity index (χ4v) is 1.96. The summed E-state index contributed by atoms with van der Waals surface area (Å²) in [5.74, 6) is -0.864. The topological polar surface area (TPSA) is 37.3 Å². The molecule has 0 bridgehead atoms. The number of benzene rings is 1. The third kappa shape index (κ3) is 5.42. The Morgan fingerprint density at radius 2 is 1.62 bits per heavy atom. The van der Waals surface area contributed by atoms with Crippen molar-refractivity contribution >= 4 is 5.97 Å². The fraction of sp³-hybridized carbons (Fsp3) is 0.0556. The number of carboxylic acid groups (broad SMARTS) is 1. The first-order valence-corrected chi connectivity index (χ1v) is 6.46. The van der Waals surface area contributed by atoms with Crippen LogP contribution in [-0.4, -0.2) is 11.1 Å². The molecule has 0 radical (unpaired) electrons. The zero-order valence-electron chi connectivity index (χ0n) is 11.4. The van der Waals surface area contributed by atoms with Crippen LogP contribution in [0.4, 0.5) is 0 Å². The number of rotatable bonds is 3. The van der Waals surface area contributed by atoms with Gasteiger partial charge in [-0.2, -0.15) is 35.9 Å². The largest absolute Gasteiger partial charge is 2.00 e. The van der Waals surface area contributed by atoms with Crippen LogP contribution in [-0.2, 0) is 23.5 Å². The number of carboxylic acids is 1. The Bertz CT molecular complexity index is 608. The van der Waals surface area contributed by atoms with Gasteiger partial charge in [0.05, 0.1) is 5.56 Å². The minimum atomic E-state index is -0.864. The maximum atomic E-state index is 11.0. The predicted molar refractivity (Wildman–Crippen MR) is 80.3 cm³/mol. The van der Waals surface area contributed by atoms with Gasteiger partial charge in [0.1, 0.15) is 0 Å². The molecule has 0 aromatic heterocycles. The second kappa shape index (κ2) is 8.96. The Morgan fingerprint density at radius 3 is 2.14 bits per heavy atom. The molecule has 0 spiro atoms. The molecular formula is C18H16FeO2. The second-order valence-electron chi connectivity index (χ2n) is 4.39. The molecule has 3 heteroatoms. The summed E-state index contributed by atoms with van der Waals surface area (Å²) in [7, 11) is 0. The van der Waals surface area contributed by atoms with Crippen molar-refractivity contribution in [2.24, 2.45) is 0 Å². The molecule has 0 amide bonds. The number of aromatic carboxylic acids is 1. The molecule has 0 unspecified atom stereocenters. The first kappa shape index (κ1) is 17.0. The van der Waals surface area contributed by atoms with E-state index in [0.29, 0.717) is 12.0 Å². The second-order valence-corrected chi connectivity index (χ2v) is 4.39. The molecule has 0 heterocycles. The molecule has 2 nitrogen and oxygen atoms in total. The average Bonchev–Trinajstić information content (AvgIpc) is 3.15. The molecule has 0 aliphatic carbocycles. The number of carbonyl (C=O) groups is 1. The molecule has 21 heavy (non-hydrogen) atoms. The number of hydrogen-bond acceptors (Lipinski definition) is 1. The Morgan fingerprint density at radius 1 is 1.00 bits per heavy atom. The molecule has 0 aliphatic heterocycles. The van der Waals surface area contributed by atoms with E-state index in [9.17, 15) is 4.79 Å². The van der Waals surface area contributed by atoms with Crippen molar-refractivity contribution in [3.8, 4) is 0 Å². The molecule has 0 aliphatic rings. The van der Waals surface area contributed by atoms with Crippen LogP contribution in [0.1, 0.15) is 21.5 Å². The Kier molecular flexibility index (Phi) is 7.24. The quantitative estimate of drug-likeness (QED) is 0.583. The molecule has 0 saturated heterocycles. The van der Waals surface area contributed by atoms with Crippen LogP contribution in [0.2, 0.25) is 0 Å². The van der Waals surface area contributed by atoms with Gasteiger partial charge in [0.25, 0.3) is 0 Å². The van der Waals surface area contributed by atoms with Crippen LogP contribution < -0.4 is 0 Å². The molecule has 0 fully saturated rings. The van der Waals surface area contributed by atoms with E-state index in [1.807, 2.05) is 66.7 Å². The first-order chi connectivity index (χ1) is 9.77. The van der Waals surface area contributed by atoms with Gasteiger partial charge in [0, 0.05) is 0 Å². The van der Waals surface area contributed by atoms with Crippen molar-refractivity contribution in [1.29, 1.82) is 0 Å². The monoisotopic (exact) mass is 320 g/mol. The maximum Gasteiger partial charge on any atom is 2.00 e. The van der Waals surface area contributed by atoms with E-state index in [1.54, 1.807) is 12.1 Å². The molecule has 1 N–H and O–H groups in total. The minimum absolute atomic E-state index is 0. The fourth-order valence-electron chi connectivity index (χ4n) is 1.96. The van der Waals surface area contributed by atoms with Crippen LogP contribution in [0.25, 0.3) is 0 Å². The van der Waals surface area contributed by atoms with Crippen molar-refractivity contribution < 1.29 is 27.0 Å². The van der Waals surface area contributed by atoms with Crippen LogP contribution in [0.15, 0.2) is 78.9 Å². The van der Waals surface area contributed by atoms with E-state index in [-0.39, 0.29) is 17.1 Å². The third-order valence-corrected chi connectivity index (χ3v) is 2.93. The van der Waals surface area contributed by atoms with Crippen LogP contribution in [0.3, 0.4) is 0 Å². The summed E-state index contributed by atoms with van der Waals surface area (Å²) in [4.78, 5) is 11.0. The summed E-state index contributed by atoms with van der Waals surface area (Å²) >= 11 is 0. The maximum absolute atomic E-state index is 11.0. The van der Waals surface area contributed by atoms with E-state index in [0.717, 1.165) is 11.1 Å². The summed E-state index contributed by atoms with van der Waals surface area (Å²) in [6, 6.07) is 25.0. The zero-order valence-corrected chi connectivity index (χ0v) is 12.5. The Labute approximate surface area is 135 Å². The van der Waals surface area contributed by atoms with Gasteiger partial charge in [-0.05, 0) is 18.1 Å². The normalized spacial score (nSPS) is 9.14. The zero-order chi connectivity index (χ0) is 14.2. The summed E-state index contributed by atoms with van der Waals surface area (Å²) in [6.45, 7) is 0. The van der Waals surface area contributed by atoms with Crippen molar-refractivity contribution in [3.05, 3.63) is 95.6 Å². The predicted octanol–water partition coefficient (Wildman–Crippen LogP) is 4.10. The van der Waals surface area contributed by atoms with Crippen molar-refractivity contribution in [2.75, 3.05) is 0 Å². The molecule has 3 aromatic carbocycles. The summed E-state index contributed by atoms with van der Waals surface area (Å²) in [5.41, 5.74) is 2.39. The van der Waals surface area contributed by atoms with E-state index >= 15 is 0 Å². The van der Waals surface area contributed by atoms with Gasteiger partial charge in [-0.25, -0.2) is 29.1 Å². The summed E-state index contributed by atoms with van der Waals surface area (Å²) in [5, 5.41) is 8.99. The van der Waals surface area contributed by atoms with Crippen LogP contribution in [0, 0.1) is 0 Å². The Hall–Kier alpha value is -2.09. The molecule has 3 rings (SSSR count). The SMILES string of the molecule is O=C(O)c1ccccc1C[c-]1cccc1.[Fe+2].c1cc[cH-]c1. The van der Waals surface area contributed by atoms with Crippen LogP contribution >= 0.6 is 0 Å². The van der Waals surface area contributed by atoms with E-state index in [1.165, 1.54) is 0 Å².